The van der Waals surface area contributed by atoms with Crippen molar-refractivity contribution >= 4 is 11.4 Å². The van der Waals surface area contributed by atoms with E-state index in [1.807, 2.05) is 20.8 Å². The van der Waals surface area contributed by atoms with E-state index in [1.165, 1.54) is 12.1 Å². The van der Waals surface area contributed by atoms with Gasteiger partial charge in [-0.1, -0.05) is 6.92 Å². The van der Waals surface area contributed by atoms with Crippen molar-refractivity contribution in [1.82, 2.24) is 0 Å². The quantitative estimate of drug-likeness (QED) is 0.469. The molecule has 1 N–H and O–H groups in total. The number of hydrogen-bond acceptors (Lipinski definition) is 4. The summed E-state index contributed by atoms with van der Waals surface area (Å²) in [6.07, 6.45) is 6.68. The van der Waals surface area contributed by atoms with Crippen LogP contribution in [0.25, 0.3) is 0 Å². The number of anilines is 1. The summed E-state index contributed by atoms with van der Waals surface area (Å²) in [6.45, 7) is 5.76. The largest absolute Gasteiger partial charge is 0.491 e. The molecule has 0 saturated heterocycles. The van der Waals surface area contributed by atoms with Crippen LogP contribution in [0.5, 0.6) is 5.75 Å². The normalized spacial score (nSPS) is 11.8. The Morgan fingerprint density at radius 1 is 1.45 bits per heavy atom. The predicted molar refractivity (Wildman–Crippen MR) is 80.0 cm³/mol. The summed E-state index contributed by atoms with van der Waals surface area (Å²) in [5.74, 6) is 3.07. The summed E-state index contributed by atoms with van der Waals surface area (Å²) in [5.41, 5.74) is 0.651. The second kappa shape index (κ2) is 7.39. The highest BCUT2D eigenvalue weighted by Crippen LogP contribution is 2.27. The molecule has 20 heavy (non-hydrogen) atoms. The molecule has 0 saturated carbocycles. The molecule has 0 aromatic heterocycles. The molecule has 5 nitrogen and oxygen atoms in total. The summed E-state index contributed by atoms with van der Waals surface area (Å²) < 4.78 is 5.54. The Morgan fingerprint density at radius 3 is 2.65 bits per heavy atom. The van der Waals surface area contributed by atoms with Crippen molar-refractivity contribution in [1.29, 1.82) is 0 Å². The minimum absolute atomic E-state index is 0.00112. The summed E-state index contributed by atoms with van der Waals surface area (Å²) in [5, 5.41) is 14.2. The van der Waals surface area contributed by atoms with Crippen LogP contribution in [0, 0.1) is 22.5 Å². The molecule has 1 rings (SSSR count). The zero-order valence-corrected chi connectivity index (χ0v) is 12.1. The predicted octanol–water partition coefficient (Wildman–Crippen LogP) is 3.60. The van der Waals surface area contributed by atoms with Crippen LogP contribution >= 0.6 is 0 Å². The third-order valence-electron chi connectivity index (χ3n) is 2.70. The van der Waals surface area contributed by atoms with E-state index in [4.69, 9.17) is 11.2 Å². The number of non-ortho nitro benzene ring substituents is 1. The van der Waals surface area contributed by atoms with Crippen LogP contribution < -0.4 is 10.1 Å². The number of nitro groups is 1. The Balaban J connectivity index is 3.02. The lowest BCUT2D eigenvalue weighted by Gasteiger charge is -2.17. The molecule has 1 aromatic carbocycles. The van der Waals surface area contributed by atoms with E-state index >= 15 is 0 Å². The van der Waals surface area contributed by atoms with E-state index in [0.717, 1.165) is 6.42 Å². The topological polar surface area (TPSA) is 64.4 Å². The standard InChI is InChI=1S/C15H20N2O3/c1-5-7-12(6-2)16-13-8-14(17(18)19)10-15(9-13)20-11(3)4/h1,8-12,16H,6-7H2,2-4H3. The molecule has 0 fully saturated rings. The molecule has 5 heteroatoms. The summed E-state index contributed by atoms with van der Waals surface area (Å²) in [6, 6.07) is 4.76. The van der Waals surface area contributed by atoms with Crippen molar-refractivity contribution in [2.75, 3.05) is 5.32 Å². The summed E-state index contributed by atoms with van der Waals surface area (Å²) >= 11 is 0. The molecule has 0 radical (unpaired) electrons. The van der Waals surface area contributed by atoms with Gasteiger partial charge in [-0.2, -0.15) is 0 Å². The molecule has 1 unspecified atom stereocenters. The SMILES string of the molecule is C#CCC(CC)Nc1cc(OC(C)C)cc([N+](=O)[O-])c1. The van der Waals surface area contributed by atoms with E-state index in [2.05, 4.69) is 11.2 Å². The first kappa shape index (κ1) is 15.8. The highest BCUT2D eigenvalue weighted by molar-refractivity contribution is 5.57. The van der Waals surface area contributed by atoms with Gasteiger partial charge in [0.05, 0.1) is 17.1 Å². The van der Waals surface area contributed by atoms with Gasteiger partial charge in [0.1, 0.15) is 5.75 Å². The molecule has 0 amide bonds. The van der Waals surface area contributed by atoms with Crippen molar-refractivity contribution in [3.05, 3.63) is 28.3 Å². The van der Waals surface area contributed by atoms with Gasteiger partial charge in [0.15, 0.2) is 0 Å². The average molecular weight is 276 g/mol. The van der Waals surface area contributed by atoms with Crippen LogP contribution in [0.4, 0.5) is 11.4 Å². The number of terminal acetylenes is 1. The lowest BCUT2D eigenvalue weighted by molar-refractivity contribution is -0.384. The zero-order valence-electron chi connectivity index (χ0n) is 12.1. The first-order valence-corrected chi connectivity index (χ1v) is 6.62. The Hall–Kier alpha value is -2.22. The van der Waals surface area contributed by atoms with Gasteiger partial charge < -0.3 is 10.1 Å². The van der Waals surface area contributed by atoms with Gasteiger partial charge >= 0.3 is 0 Å². The minimum Gasteiger partial charge on any atom is -0.491 e. The number of benzene rings is 1. The van der Waals surface area contributed by atoms with Gasteiger partial charge in [0.2, 0.25) is 0 Å². The van der Waals surface area contributed by atoms with Gasteiger partial charge in [-0.3, -0.25) is 10.1 Å². The number of nitrogens with zero attached hydrogens (tertiary/aromatic N) is 1. The fourth-order valence-electron chi connectivity index (χ4n) is 1.79. The number of hydrogen-bond donors (Lipinski definition) is 1. The van der Waals surface area contributed by atoms with Crippen molar-refractivity contribution in [3.63, 3.8) is 0 Å². The summed E-state index contributed by atoms with van der Waals surface area (Å²) in [7, 11) is 0. The number of rotatable bonds is 7. The molecule has 0 aliphatic carbocycles. The smallest absolute Gasteiger partial charge is 0.275 e. The molecular weight excluding hydrogens is 256 g/mol. The molecule has 0 heterocycles. The van der Waals surface area contributed by atoms with Gasteiger partial charge in [-0.05, 0) is 20.3 Å². The van der Waals surface area contributed by atoms with Crippen LogP contribution in [0.15, 0.2) is 18.2 Å². The lowest BCUT2D eigenvalue weighted by atomic mass is 10.1. The molecule has 0 aliphatic heterocycles. The lowest BCUT2D eigenvalue weighted by Crippen LogP contribution is -2.17. The third-order valence-corrected chi connectivity index (χ3v) is 2.70. The highest BCUT2D eigenvalue weighted by atomic mass is 16.6. The van der Waals surface area contributed by atoms with Crippen LogP contribution in [-0.2, 0) is 0 Å². The maximum Gasteiger partial charge on any atom is 0.275 e. The van der Waals surface area contributed by atoms with Crippen molar-refractivity contribution in [3.8, 4) is 18.1 Å². The Kier molecular flexibility index (Phi) is 5.85. The van der Waals surface area contributed by atoms with Crippen LogP contribution in [0.1, 0.15) is 33.6 Å². The molecule has 0 spiro atoms. The van der Waals surface area contributed by atoms with E-state index < -0.39 is 4.92 Å². The van der Waals surface area contributed by atoms with Gasteiger partial charge in [-0.15, -0.1) is 12.3 Å². The molecule has 0 bridgehead atoms. The van der Waals surface area contributed by atoms with E-state index in [1.54, 1.807) is 6.07 Å². The summed E-state index contributed by atoms with van der Waals surface area (Å²) in [4.78, 5) is 10.5. The fourth-order valence-corrected chi connectivity index (χ4v) is 1.79. The molecule has 1 atom stereocenters. The maximum absolute atomic E-state index is 11.0. The van der Waals surface area contributed by atoms with Crippen LogP contribution in [0.3, 0.4) is 0 Å². The van der Waals surface area contributed by atoms with Gasteiger partial charge in [0.25, 0.3) is 5.69 Å². The minimum atomic E-state index is -0.430. The van der Waals surface area contributed by atoms with Crippen molar-refractivity contribution in [2.45, 2.75) is 45.8 Å². The van der Waals surface area contributed by atoms with Gasteiger partial charge in [0, 0.05) is 30.3 Å². The van der Waals surface area contributed by atoms with Crippen molar-refractivity contribution in [2.24, 2.45) is 0 Å². The monoisotopic (exact) mass is 276 g/mol. The molecule has 1 aromatic rings. The van der Waals surface area contributed by atoms with Gasteiger partial charge in [-0.25, -0.2) is 0 Å². The molecular formula is C15H20N2O3. The molecule has 108 valence electrons. The second-order valence-corrected chi connectivity index (χ2v) is 4.80. The Labute approximate surface area is 119 Å². The Morgan fingerprint density at radius 2 is 2.15 bits per heavy atom. The first-order chi connectivity index (χ1) is 9.46. The zero-order chi connectivity index (χ0) is 15.1. The fraction of sp³-hybridized carbons (Fsp3) is 0.467. The molecule has 0 aliphatic rings. The van der Waals surface area contributed by atoms with E-state index in [-0.39, 0.29) is 17.8 Å². The Bertz CT molecular complexity index is 506. The van der Waals surface area contributed by atoms with E-state index in [0.29, 0.717) is 17.9 Å². The van der Waals surface area contributed by atoms with E-state index in [9.17, 15) is 10.1 Å². The van der Waals surface area contributed by atoms with Crippen LogP contribution in [-0.4, -0.2) is 17.1 Å². The number of ether oxygens (including phenoxy) is 1. The first-order valence-electron chi connectivity index (χ1n) is 6.62. The second-order valence-electron chi connectivity index (χ2n) is 4.80. The maximum atomic E-state index is 11.0. The highest BCUT2D eigenvalue weighted by Gasteiger charge is 2.13. The van der Waals surface area contributed by atoms with Crippen molar-refractivity contribution < 1.29 is 9.66 Å². The number of nitrogens with one attached hydrogen (secondary N) is 1. The third kappa shape index (κ3) is 4.81. The van der Waals surface area contributed by atoms with Crippen LogP contribution in [0.2, 0.25) is 0 Å². The number of nitro benzene ring substituents is 1. The average Bonchev–Trinajstić information content (AvgIpc) is 2.37.